The Labute approximate surface area is 212 Å². The number of halogens is 2. The van der Waals surface area contributed by atoms with Crippen LogP contribution in [0.1, 0.15) is 39.2 Å². The van der Waals surface area contributed by atoms with E-state index >= 15 is 0 Å². The van der Waals surface area contributed by atoms with Crippen LogP contribution in [0.25, 0.3) is 0 Å². The zero-order valence-electron chi connectivity index (χ0n) is 20.5. The van der Waals surface area contributed by atoms with Crippen molar-refractivity contribution in [1.82, 2.24) is 10.2 Å². The second-order valence-corrected chi connectivity index (χ2v) is 10.7. The summed E-state index contributed by atoms with van der Waals surface area (Å²) >= 11 is 5.86. The van der Waals surface area contributed by atoms with Gasteiger partial charge in [0.15, 0.2) is 0 Å². The van der Waals surface area contributed by atoms with Crippen LogP contribution in [0.4, 0.5) is 10.1 Å². The van der Waals surface area contributed by atoms with Gasteiger partial charge in [0.2, 0.25) is 21.8 Å². The molecule has 2 rings (SSSR count). The van der Waals surface area contributed by atoms with Crippen molar-refractivity contribution in [1.29, 1.82) is 0 Å². The van der Waals surface area contributed by atoms with E-state index in [1.54, 1.807) is 6.92 Å². The minimum absolute atomic E-state index is 0.0624. The van der Waals surface area contributed by atoms with Crippen LogP contribution < -0.4 is 9.62 Å². The van der Waals surface area contributed by atoms with Gasteiger partial charge in [-0.3, -0.25) is 13.9 Å². The maximum Gasteiger partial charge on any atom is 0.244 e. The SMILES string of the molecule is CC[C@@H](C)NC(=O)[C@@H](CC)N(CCc1ccccc1)C(=O)CN(c1ccc(F)c(Cl)c1)S(C)(=O)=O. The second kappa shape index (κ2) is 12.9. The number of hydrogen-bond donors (Lipinski definition) is 1. The molecule has 0 aliphatic rings. The molecule has 7 nitrogen and oxygen atoms in total. The van der Waals surface area contributed by atoms with Crippen molar-refractivity contribution >= 4 is 39.1 Å². The summed E-state index contributed by atoms with van der Waals surface area (Å²) in [6.07, 6.45) is 2.52. The first-order valence-electron chi connectivity index (χ1n) is 11.5. The molecule has 0 aromatic heterocycles. The molecule has 35 heavy (non-hydrogen) atoms. The summed E-state index contributed by atoms with van der Waals surface area (Å²) in [6, 6.07) is 12.1. The van der Waals surface area contributed by atoms with Crippen molar-refractivity contribution in [3.63, 3.8) is 0 Å². The van der Waals surface area contributed by atoms with Gasteiger partial charge in [-0.1, -0.05) is 55.8 Å². The summed E-state index contributed by atoms with van der Waals surface area (Å²) in [4.78, 5) is 28.0. The molecule has 0 spiro atoms. The van der Waals surface area contributed by atoms with E-state index in [2.05, 4.69) is 5.32 Å². The number of rotatable bonds is 12. The Bertz CT molecular complexity index is 1110. The van der Waals surface area contributed by atoms with Gasteiger partial charge in [0.05, 0.1) is 17.0 Å². The van der Waals surface area contributed by atoms with Gasteiger partial charge >= 0.3 is 0 Å². The topological polar surface area (TPSA) is 86.8 Å². The first-order valence-corrected chi connectivity index (χ1v) is 13.8. The number of hydrogen-bond acceptors (Lipinski definition) is 4. The average molecular weight is 526 g/mol. The summed E-state index contributed by atoms with van der Waals surface area (Å²) in [5.41, 5.74) is 1.04. The highest BCUT2D eigenvalue weighted by Gasteiger charge is 2.32. The molecule has 2 atom stereocenters. The molecule has 0 heterocycles. The molecule has 192 valence electrons. The monoisotopic (exact) mass is 525 g/mol. The van der Waals surface area contributed by atoms with Gasteiger partial charge in [0.25, 0.3) is 0 Å². The largest absolute Gasteiger partial charge is 0.352 e. The van der Waals surface area contributed by atoms with Crippen molar-refractivity contribution in [2.75, 3.05) is 23.7 Å². The molecule has 0 fully saturated rings. The third kappa shape index (κ3) is 8.21. The molecular weight excluding hydrogens is 493 g/mol. The van der Waals surface area contributed by atoms with Crippen LogP contribution in [0.3, 0.4) is 0 Å². The molecule has 2 aromatic carbocycles. The van der Waals surface area contributed by atoms with E-state index in [0.29, 0.717) is 12.8 Å². The molecule has 0 aliphatic heterocycles. The van der Waals surface area contributed by atoms with Gasteiger partial charge in [0, 0.05) is 12.6 Å². The van der Waals surface area contributed by atoms with Crippen molar-refractivity contribution in [2.24, 2.45) is 0 Å². The highest BCUT2D eigenvalue weighted by Crippen LogP contribution is 2.25. The molecule has 2 aromatic rings. The lowest BCUT2D eigenvalue weighted by atomic mass is 10.1. The van der Waals surface area contributed by atoms with E-state index in [-0.39, 0.29) is 29.2 Å². The van der Waals surface area contributed by atoms with Crippen LogP contribution in [-0.2, 0) is 26.0 Å². The predicted octanol–water partition coefficient (Wildman–Crippen LogP) is 4.01. The summed E-state index contributed by atoms with van der Waals surface area (Å²) in [5.74, 6) is -1.54. The zero-order valence-corrected chi connectivity index (χ0v) is 22.1. The second-order valence-electron chi connectivity index (χ2n) is 8.43. The first-order chi connectivity index (χ1) is 16.5. The van der Waals surface area contributed by atoms with Crippen LogP contribution in [0.2, 0.25) is 5.02 Å². The smallest absolute Gasteiger partial charge is 0.244 e. The number of amides is 2. The predicted molar refractivity (Wildman–Crippen MR) is 137 cm³/mol. The zero-order chi connectivity index (χ0) is 26.2. The fraction of sp³-hybridized carbons (Fsp3) is 0.440. The highest BCUT2D eigenvalue weighted by atomic mass is 35.5. The minimum Gasteiger partial charge on any atom is -0.352 e. The van der Waals surface area contributed by atoms with Crippen LogP contribution >= 0.6 is 11.6 Å². The molecule has 1 N–H and O–H groups in total. The van der Waals surface area contributed by atoms with Gasteiger partial charge < -0.3 is 10.2 Å². The Balaban J connectivity index is 2.38. The van der Waals surface area contributed by atoms with Crippen LogP contribution in [0.15, 0.2) is 48.5 Å². The summed E-state index contributed by atoms with van der Waals surface area (Å²) in [7, 11) is -3.91. The van der Waals surface area contributed by atoms with Crippen LogP contribution in [0.5, 0.6) is 0 Å². The third-order valence-electron chi connectivity index (χ3n) is 5.74. The van der Waals surface area contributed by atoms with E-state index in [1.807, 2.05) is 44.2 Å². The first kappa shape index (κ1) is 28.6. The average Bonchev–Trinajstić information content (AvgIpc) is 2.81. The Morgan fingerprint density at radius 1 is 1.09 bits per heavy atom. The van der Waals surface area contributed by atoms with E-state index in [9.17, 15) is 22.4 Å². The number of carbonyl (C=O) groups excluding carboxylic acids is 2. The van der Waals surface area contributed by atoms with Crippen LogP contribution in [0, 0.1) is 5.82 Å². The lowest BCUT2D eigenvalue weighted by molar-refractivity contribution is -0.139. The Morgan fingerprint density at radius 2 is 1.74 bits per heavy atom. The maximum atomic E-state index is 13.7. The molecule has 0 saturated heterocycles. The van der Waals surface area contributed by atoms with E-state index < -0.39 is 34.3 Å². The van der Waals surface area contributed by atoms with Gasteiger partial charge in [0.1, 0.15) is 18.4 Å². The quantitative estimate of drug-likeness (QED) is 0.453. The number of nitrogens with zero attached hydrogens (tertiary/aromatic N) is 2. The number of anilines is 1. The molecule has 10 heteroatoms. The van der Waals surface area contributed by atoms with E-state index in [1.165, 1.54) is 11.0 Å². The highest BCUT2D eigenvalue weighted by molar-refractivity contribution is 7.92. The standard InChI is InChI=1S/C25H33ClFN3O4S/c1-5-18(3)28-25(32)23(6-2)29(15-14-19-10-8-7-9-11-19)24(31)17-30(35(4,33)34)20-12-13-22(27)21(26)16-20/h7-13,16,18,23H,5-6,14-15,17H2,1-4H3,(H,28,32)/t18-,23-/m1/s1. The lowest BCUT2D eigenvalue weighted by Gasteiger charge is -2.33. The molecule has 0 saturated carbocycles. The third-order valence-corrected chi connectivity index (χ3v) is 7.17. The van der Waals surface area contributed by atoms with Gasteiger partial charge in [-0.2, -0.15) is 0 Å². The van der Waals surface area contributed by atoms with Gasteiger partial charge in [-0.25, -0.2) is 12.8 Å². The fourth-order valence-electron chi connectivity index (χ4n) is 3.59. The van der Waals surface area contributed by atoms with Crippen molar-refractivity contribution in [3.8, 4) is 0 Å². The molecular formula is C25H33ClFN3O4S. The normalized spacial score (nSPS) is 13.1. The maximum absolute atomic E-state index is 13.7. The number of nitrogens with one attached hydrogen (secondary N) is 1. The minimum atomic E-state index is -3.91. The van der Waals surface area contributed by atoms with E-state index in [0.717, 1.165) is 34.7 Å². The number of carbonyl (C=O) groups is 2. The summed E-state index contributed by atoms with van der Waals surface area (Å²) in [5, 5.41) is 2.66. The van der Waals surface area contributed by atoms with E-state index in [4.69, 9.17) is 11.6 Å². The molecule has 0 radical (unpaired) electrons. The lowest BCUT2D eigenvalue weighted by Crippen LogP contribution is -2.54. The number of benzene rings is 2. The molecule has 0 bridgehead atoms. The number of sulfonamides is 1. The molecule has 2 amide bonds. The molecule has 0 aliphatic carbocycles. The van der Waals surface area contributed by atoms with Crippen LogP contribution in [-0.4, -0.2) is 56.6 Å². The Kier molecular flexibility index (Phi) is 10.5. The van der Waals surface area contributed by atoms with Gasteiger partial charge in [-0.15, -0.1) is 0 Å². The van der Waals surface area contributed by atoms with Crippen molar-refractivity contribution in [3.05, 3.63) is 64.9 Å². The Hall–Kier alpha value is -2.65. The van der Waals surface area contributed by atoms with Crippen molar-refractivity contribution in [2.45, 2.75) is 52.1 Å². The Morgan fingerprint density at radius 3 is 2.29 bits per heavy atom. The fourth-order valence-corrected chi connectivity index (χ4v) is 4.61. The van der Waals surface area contributed by atoms with Gasteiger partial charge in [-0.05, 0) is 49.9 Å². The summed E-state index contributed by atoms with van der Waals surface area (Å²) in [6.45, 7) is 5.30. The summed E-state index contributed by atoms with van der Waals surface area (Å²) < 4.78 is 39.7. The molecule has 0 unspecified atom stereocenters. The van der Waals surface area contributed by atoms with Crippen molar-refractivity contribution < 1.29 is 22.4 Å².